The Bertz CT molecular complexity index is 1130. The number of carbonyl (C=O) groups excluding carboxylic acids is 1. The average Bonchev–Trinajstić information content (AvgIpc) is 3.08. The van der Waals surface area contributed by atoms with Crippen molar-refractivity contribution >= 4 is 38.5 Å². The van der Waals surface area contributed by atoms with Gasteiger partial charge in [-0.1, -0.05) is 6.07 Å². The molecule has 0 bridgehead atoms. The molecule has 4 rings (SSSR count). The Morgan fingerprint density at radius 2 is 1.92 bits per heavy atom. The molecule has 0 radical (unpaired) electrons. The Morgan fingerprint density at radius 3 is 2.75 bits per heavy atom. The van der Waals surface area contributed by atoms with E-state index >= 15 is 0 Å². The lowest BCUT2D eigenvalue weighted by molar-refractivity contribution is 0.0998. The number of anilines is 1. The molecule has 1 aromatic heterocycles. The van der Waals surface area contributed by atoms with E-state index in [1.54, 1.807) is 12.1 Å². The molecule has 0 aliphatic carbocycles. The summed E-state index contributed by atoms with van der Waals surface area (Å²) >= 11 is 0. The molecule has 1 amide bonds. The Kier molecular flexibility index (Phi) is 3.07. The number of rotatable bonds is 2. The zero-order chi connectivity index (χ0) is 16.9. The van der Waals surface area contributed by atoms with Crippen molar-refractivity contribution in [3.63, 3.8) is 0 Å². The van der Waals surface area contributed by atoms with Gasteiger partial charge in [-0.15, -0.1) is 0 Å². The SMILES string of the molecule is O=C(Nc1ccc2c(c1)S(=O)(=O)C=C2)c1cc2cc(F)ccc2o1. The maximum atomic E-state index is 13.2. The van der Waals surface area contributed by atoms with Crippen molar-refractivity contribution in [2.24, 2.45) is 0 Å². The summed E-state index contributed by atoms with van der Waals surface area (Å²) in [5.41, 5.74) is 1.30. The normalized spacial score (nSPS) is 14.7. The van der Waals surface area contributed by atoms with Gasteiger partial charge in [-0.2, -0.15) is 0 Å². The fourth-order valence-electron chi connectivity index (χ4n) is 2.55. The zero-order valence-electron chi connectivity index (χ0n) is 12.1. The monoisotopic (exact) mass is 343 g/mol. The molecule has 0 fully saturated rings. The van der Waals surface area contributed by atoms with Gasteiger partial charge in [0.2, 0.25) is 9.84 Å². The predicted octanol–water partition coefficient (Wildman–Crippen LogP) is 3.58. The summed E-state index contributed by atoms with van der Waals surface area (Å²) in [6.45, 7) is 0. The van der Waals surface area contributed by atoms with Gasteiger partial charge in [0.1, 0.15) is 11.4 Å². The van der Waals surface area contributed by atoms with E-state index in [1.165, 1.54) is 36.4 Å². The number of nitrogens with one attached hydrogen (secondary N) is 1. The minimum absolute atomic E-state index is 0.0112. The molecule has 0 saturated carbocycles. The van der Waals surface area contributed by atoms with Gasteiger partial charge in [0.05, 0.1) is 4.90 Å². The summed E-state index contributed by atoms with van der Waals surface area (Å²) in [6.07, 6.45) is 1.50. The Labute approximate surface area is 136 Å². The van der Waals surface area contributed by atoms with Crippen molar-refractivity contribution in [3.05, 3.63) is 65.0 Å². The number of hydrogen-bond acceptors (Lipinski definition) is 4. The van der Waals surface area contributed by atoms with Gasteiger partial charge in [-0.3, -0.25) is 4.79 Å². The highest BCUT2D eigenvalue weighted by Gasteiger charge is 2.21. The topological polar surface area (TPSA) is 76.4 Å². The van der Waals surface area contributed by atoms with E-state index in [2.05, 4.69) is 5.32 Å². The van der Waals surface area contributed by atoms with Gasteiger partial charge in [0.25, 0.3) is 5.91 Å². The van der Waals surface area contributed by atoms with Crippen molar-refractivity contribution in [2.45, 2.75) is 4.90 Å². The third-order valence-corrected chi connectivity index (χ3v) is 5.17. The molecule has 120 valence electrons. The van der Waals surface area contributed by atoms with Crippen LogP contribution in [0.15, 0.2) is 57.2 Å². The van der Waals surface area contributed by atoms with Gasteiger partial charge in [-0.05, 0) is 48.0 Å². The largest absolute Gasteiger partial charge is 0.451 e. The molecule has 2 heterocycles. The number of hydrogen-bond donors (Lipinski definition) is 1. The van der Waals surface area contributed by atoms with Crippen LogP contribution in [0.2, 0.25) is 0 Å². The van der Waals surface area contributed by atoms with Crippen LogP contribution in [0.3, 0.4) is 0 Å². The summed E-state index contributed by atoms with van der Waals surface area (Å²) in [5, 5.41) is 4.18. The van der Waals surface area contributed by atoms with Gasteiger partial charge >= 0.3 is 0 Å². The molecule has 1 aliphatic rings. The third-order valence-electron chi connectivity index (χ3n) is 3.71. The van der Waals surface area contributed by atoms with E-state index < -0.39 is 21.6 Å². The molecular weight excluding hydrogens is 333 g/mol. The second-order valence-corrected chi connectivity index (χ2v) is 7.15. The van der Waals surface area contributed by atoms with Crippen molar-refractivity contribution in [1.29, 1.82) is 0 Å². The molecule has 7 heteroatoms. The van der Waals surface area contributed by atoms with E-state index in [0.29, 0.717) is 22.2 Å². The lowest BCUT2D eigenvalue weighted by Gasteiger charge is -2.05. The minimum Gasteiger partial charge on any atom is -0.451 e. The van der Waals surface area contributed by atoms with E-state index in [9.17, 15) is 17.6 Å². The quantitative estimate of drug-likeness (QED) is 0.771. The first-order valence-corrected chi connectivity index (χ1v) is 8.55. The van der Waals surface area contributed by atoms with Gasteiger partial charge < -0.3 is 9.73 Å². The summed E-state index contributed by atoms with van der Waals surface area (Å²) in [5.74, 6) is -0.960. The van der Waals surface area contributed by atoms with E-state index in [-0.39, 0.29) is 10.7 Å². The van der Waals surface area contributed by atoms with Crippen molar-refractivity contribution < 1.29 is 22.0 Å². The number of furan rings is 1. The van der Waals surface area contributed by atoms with Crippen LogP contribution in [-0.2, 0) is 9.84 Å². The molecule has 5 nitrogen and oxygen atoms in total. The van der Waals surface area contributed by atoms with Crippen LogP contribution < -0.4 is 5.32 Å². The molecule has 2 aromatic carbocycles. The number of sulfone groups is 1. The molecule has 0 saturated heterocycles. The van der Waals surface area contributed by atoms with E-state index in [1.807, 2.05) is 0 Å². The fourth-order valence-corrected chi connectivity index (χ4v) is 3.78. The summed E-state index contributed by atoms with van der Waals surface area (Å²) in [6, 6.07) is 9.98. The highest BCUT2D eigenvalue weighted by Crippen LogP contribution is 2.29. The second kappa shape index (κ2) is 5.04. The van der Waals surface area contributed by atoms with Crippen LogP contribution in [0.5, 0.6) is 0 Å². The first-order chi connectivity index (χ1) is 11.4. The lowest BCUT2D eigenvalue weighted by Crippen LogP contribution is -2.11. The fraction of sp³-hybridized carbons (Fsp3) is 0. The molecular formula is C17H10FNO4S. The van der Waals surface area contributed by atoms with E-state index in [0.717, 1.165) is 5.41 Å². The standard InChI is InChI=1S/C17H10FNO4S/c18-12-2-4-14-11(7-12)8-15(23-14)17(20)19-13-3-1-10-5-6-24(21,22)16(10)9-13/h1-9H,(H,19,20). The molecule has 1 aliphatic heterocycles. The summed E-state index contributed by atoms with van der Waals surface area (Å²) in [4.78, 5) is 12.4. The van der Waals surface area contributed by atoms with Gasteiger partial charge in [0.15, 0.2) is 5.76 Å². The molecule has 0 unspecified atom stereocenters. The Morgan fingerprint density at radius 1 is 1.08 bits per heavy atom. The minimum atomic E-state index is -3.45. The highest BCUT2D eigenvalue weighted by atomic mass is 32.2. The first-order valence-electron chi connectivity index (χ1n) is 7.00. The van der Waals surface area contributed by atoms with Crippen LogP contribution in [0, 0.1) is 5.82 Å². The molecule has 1 N–H and O–H groups in total. The van der Waals surface area contributed by atoms with Crippen LogP contribution in [-0.4, -0.2) is 14.3 Å². The predicted molar refractivity (Wildman–Crippen MR) is 86.8 cm³/mol. The summed E-state index contributed by atoms with van der Waals surface area (Å²) in [7, 11) is -3.45. The number of benzene rings is 2. The number of fused-ring (bicyclic) bond motifs is 2. The molecule has 3 aromatic rings. The van der Waals surface area contributed by atoms with Crippen molar-refractivity contribution in [3.8, 4) is 0 Å². The maximum absolute atomic E-state index is 13.2. The number of halogens is 1. The third kappa shape index (κ3) is 2.39. The first kappa shape index (κ1) is 14.6. The Balaban J connectivity index is 1.64. The van der Waals surface area contributed by atoms with Crippen LogP contribution >= 0.6 is 0 Å². The Hall–Kier alpha value is -2.93. The molecule has 0 atom stereocenters. The lowest BCUT2D eigenvalue weighted by atomic mass is 10.2. The zero-order valence-corrected chi connectivity index (χ0v) is 12.9. The maximum Gasteiger partial charge on any atom is 0.291 e. The van der Waals surface area contributed by atoms with E-state index in [4.69, 9.17) is 4.42 Å². The van der Waals surface area contributed by atoms with Crippen LogP contribution in [0.4, 0.5) is 10.1 Å². The summed E-state index contributed by atoms with van der Waals surface area (Å²) < 4.78 is 42.3. The van der Waals surface area contributed by atoms with Crippen LogP contribution in [0.25, 0.3) is 17.0 Å². The number of amides is 1. The van der Waals surface area contributed by atoms with Crippen molar-refractivity contribution in [1.82, 2.24) is 0 Å². The second-order valence-electron chi connectivity index (χ2n) is 5.35. The average molecular weight is 343 g/mol. The van der Waals surface area contributed by atoms with Crippen molar-refractivity contribution in [2.75, 3.05) is 5.32 Å². The van der Waals surface area contributed by atoms with Crippen LogP contribution in [0.1, 0.15) is 16.1 Å². The number of carbonyl (C=O) groups is 1. The molecule has 0 spiro atoms. The molecule has 24 heavy (non-hydrogen) atoms. The van der Waals surface area contributed by atoms with Gasteiger partial charge in [-0.25, -0.2) is 12.8 Å². The van der Waals surface area contributed by atoms with Gasteiger partial charge in [0, 0.05) is 16.5 Å². The highest BCUT2D eigenvalue weighted by molar-refractivity contribution is 7.94. The smallest absolute Gasteiger partial charge is 0.291 e.